The van der Waals surface area contributed by atoms with Crippen molar-refractivity contribution in [3.8, 4) is 0 Å². The van der Waals surface area contributed by atoms with Crippen LogP contribution in [0.1, 0.15) is 128 Å². The maximum atomic E-state index is 14.4. The van der Waals surface area contributed by atoms with Gasteiger partial charge in [-0.1, -0.05) is 78.2 Å². The van der Waals surface area contributed by atoms with Gasteiger partial charge in [0.2, 0.25) is 0 Å². The zero-order chi connectivity index (χ0) is 41.3. The molecule has 2 aromatic heterocycles. The van der Waals surface area contributed by atoms with Gasteiger partial charge in [0.15, 0.2) is 11.9 Å². The highest BCUT2D eigenvalue weighted by Crippen LogP contribution is 2.39. The van der Waals surface area contributed by atoms with E-state index in [0.29, 0.717) is 6.07 Å². The van der Waals surface area contributed by atoms with E-state index < -0.39 is 59.0 Å². The van der Waals surface area contributed by atoms with Crippen molar-refractivity contribution in [3.63, 3.8) is 0 Å². The van der Waals surface area contributed by atoms with Crippen molar-refractivity contribution in [1.29, 1.82) is 0 Å². The quantitative estimate of drug-likeness (QED) is 0.0521. The van der Waals surface area contributed by atoms with Crippen molar-refractivity contribution < 1.29 is 56.8 Å². The van der Waals surface area contributed by atoms with Crippen molar-refractivity contribution in [3.05, 3.63) is 72.1 Å². The van der Waals surface area contributed by atoms with E-state index in [-0.39, 0.29) is 56.7 Å². The molecular formula is C39H54F3N5O9. The normalized spacial score (nSPS) is 12.6. The fraction of sp³-hybridized carbons (Fsp3) is 0.590. The number of unbranched alkanes of at least 4 members (excludes halogenated alkanes) is 8. The highest BCUT2D eigenvalue weighted by Gasteiger charge is 2.41. The minimum Gasteiger partial charge on any atom is -0.481 e. The highest BCUT2D eigenvalue weighted by atomic mass is 19.1. The summed E-state index contributed by atoms with van der Waals surface area (Å²) in [5.41, 5.74) is -2.25. The summed E-state index contributed by atoms with van der Waals surface area (Å²) in [7, 11) is 0. The zero-order valence-corrected chi connectivity index (χ0v) is 32.3. The lowest BCUT2D eigenvalue weighted by molar-refractivity contribution is -0.167. The minimum absolute atomic E-state index is 0.0960. The molecule has 17 heteroatoms. The van der Waals surface area contributed by atoms with E-state index in [1.807, 2.05) is 0 Å². The summed E-state index contributed by atoms with van der Waals surface area (Å²) in [6, 6.07) is 2.80. The number of nitrogens with zero attached hydrogens (tertiary/aromatic N) is 5. The van der Waals surface area contributed by atoms with Gasteiger partial charge in [0.25, 0.3) is 0 Å². The van der Waals surface area contributed by atoms with E-state index in [1.165, 1.54) is 24.3 Å². The summed E-state index contributed by atoms with van der Waals surface area (Å²) in [6.07, 6.45) is 13.6. The molecule has 3 aromatic rings. The second-order valence-corrected chi connectivity index (χ2v) is 13.3. The Balaban J connectivity index is 0.000000393. The van der Waals surface area contributed by atoms with Crippen molar-refractivity contribution in [1.82, 2.24) is 24.7 Å². The Morgan fingerprint density at radius 1 is 0.786 bits per heavy atom. The Kier molecular flexibility index (Phi) is 21.9. The summed E-state index contributed by atoms with van der Waals surface area (Å²) in [4.78, 5) is 57.4. The first-order valence-corrected chi connectivity index (χ1v) is 19.0. The van der Waals surface area contributed by atoms with Crippen molar-refractivity contribution in [2.24, 2.45) is 0 Å². The molecule has 2 N–H and O–H groups in total. The molecule has 0 aliphatic rings. The fourth-order valence-electron chi connectivity index (χ4n) is 5.56. The summed E-state index contributed by atoms with van der Waals surface area (Å²) >= 11 is 0. The second-order valence-electron chi connectivity index (χ2n) is 13.3. The molecule has 2 heterocycles. The Morgan fingerprint density at radius 2 is 1.39 bits per heavy atom. The van der Waals surface area contributed by atoms with E-state index in [0.717, 1.165) is 88.9 Å². The van der Waals surface area contributed by atoms with Crippen molar-refractivity contribution in [2.75, 3.05) is 13.2 Å². The maximum Gasteiger partial charge on any atom is 0.306 e. The molecular weight excluding hydrogens is 739 g/mol. The van der Waals surface area contributed by atoms with E-state index in [9.17, 15) is 37.5 Å². The van der Waals surface area contributed by atoms with Crippen LogP contribution in [-0.4, -0.2) is 78.1 Å². The summed E-state index contributed by atoms with van der Waals surface area (Å²) in [5.74, 6) is -6.12. The van der Waals surface area contributed by atoms with E-state index >= 15 is 0 Å². The van der Waals surface area contributed by atoms with Gasteiger partial charge in [-0.3, -0.25) is 19.2 Å². The average molecular weight is 794 g/mol. The molecule has 0 bridgehead atoms. The molecule has 0 saturated carbocycles. The maximum absolute atomic E-state index is 14.4. The third-order valence-electron chi connectivity index (χ3n) is 8.76. The molecule has 0 saturated heterocycles. The van der Waals surface area contributed by atoms with Crippen LogP contribution in [0.25, 0.3) is 0 Å². The van der Waals surface area contributed by atoms with Gasteiger partial charge in [-0.25, -0.2) is 32.8 Å². The first-order valence-electron chi connectivity index (χ1n) is 19.0. The van der Waals surface area contributed by atoms with Crippen LogP contribution in [-0.2, 0) is 45.5 Å². The highest BCUT2D eigenvalue weighted by molar-refractivity contribution is 5.76. The van der Waals surface area contributed by atoms with Gasteiger partial charge >= 0.3 is 23.9 Å². The number of ether oxygens (including phenoxy) is 3. The van der Waals surface area contributed by atoms with Crippen LogP contribution >= 0.6 is 0 Å². The SMILES string of the molecule is CC(c1ncncc1F)C(O)(Cn1cncn1)c1ccc(F)cc1F.CCCCCCCC(=O)OCC(COC(=O)CCCCCCC)OC(=O)CCC(=O)O. The van der Waals surface area contributed by atoms with Crippen molar-refractivity contribution in [2.45, 2.75) is 135 Å². The van der Waals surface area contributed by atoms with Crippen LogP contribution < -0.4 is 0 Å². The Morgan fingerprint density at radius 3 is 1.91 bits per heavy atom. The molecule has 0 aliphatic carbocycles. The number of carbonyl (C=O) groups excluding carboxylic acids is 3. The number of aliphatic carboxylic acids is 1. The lowest BCUT2D eigenvalue weighted by atomic mass is 9.79. The zero-order valence-electron chi connectivity index (χ0n) is 32.3. The van der Waals surface area contributed by atoms with E-state index in [2.05, 4.69) is 33.9 Å². The van der Waals surface area contributed by atoms with Crippen molar-refractivity contribution >= 4 is 23.9 Å². The largest absolute Gasteiger partial charge is 0.481 e. The van der Waals surface area contributed by atoms with E-state index in [4.69, 9.17) is 19.3 Å². The standard InChI is InChI=1S/C23H40O8.C16H14F3N5O/c1-3-5-7-9-11-13-21(26)29-17-19(31-23(28)16-15-20(24)25)18-30-22(27)14-12-10-8-6-4-2;1-10(15-14(19)5-20-7-22-15)16(25,6-24-9-21-8-23-24)12-3-2-11(17)4-13(12)18/h19H,3-18H2,1-2H3,(H,24,25);2-5,7-10,25H,6H2,1H3. The van der Waals surface area contributed by atoms with E-state index in [1.54, 1.807) is 0 Å². The fourth-order valence-corrected chi connectivity index (χ4v) is 5.56. The third-order valence-corrected chi connectivity index (χ3v) is 8.76. The minimum atomic E-state index is -1.96. The molecule has 0 aliphatic heterocycles. The molecule has 0 spiro atoms. The second kappa shape index (κ2) is 26.0. The molecule has 3 rings (SSSR count). The summed E-state index contributed by atoms with van der Waals surface area (Å²) in [5, 5.41) is 23.9. The number of halogens is 3. The van der Waals surface area contributed by atoms with Gasteiger partial charge in [-0.15, -0.1) is 0 Å². The van der Waals surface area contributed by atoms with Crippen LogP contribution in [0, 0.1) is 17.5 Å². The van der Waals surface area contributed by atoms with Gasteiger partial charge in [0.05, 0.1) is 31.3 Å². The number of carboxylic acid groups (broad SMARTS) is 1. The van der Waals surface area contributed by atoms with Crippen LogP contribution in [0.15, 0.2) is 43.4 Å². The molecule has 14 nitrogen and oxygen atoms in total. The predicted octanol–water partition coefficient (Wildman–Crippen LogP) is 6.75. The summed E-state index contributed by atoms with van der Waals surface area (Å²) in [6.45, 7) is 5.04. The molecule has 2 atom stereocenters. The van der Waals surface area contributed by atoms with Crippen LogP contribution in [0.3, 0.4) is 0 Å². The third kappa shape index (κ3) is 17.7. The molecule has 1 aromatic carbocycles. The Hall–Kier alpha value is -4.93. The number of carbonyl (C=O) groups is 4. The predicted molar refractivity (Wildman–Crippen MR) is 196 cm³/mol. The van der Waals surface area contributed by atoms with Crippen LogP contribution in [0.5, 0.6) is 0 Å². The van der Waals surface area contributed by atoms with Gasteiger partial charge in [0.1, 0.15) is 49.4 Å². The summed E-state index contributed by atoms with van der Waals surface area (Å²) < 4.78 is 58.5. The first kappa shape index (κ1) is 47.2. The number of hydrogen-bond acceptors (Lipinski definition) is 12. The number of rotatable bonds is 25. The number of benzene rings is 1. The Bertz CT molecular complexity index is 1600. The average Bonchev–Trinajstić information content (AvgIpc) is 3.67. The van der Waals surface area contributed by atoms with Crippen LogP contribution in [0.4, 0.5) is 13.2 Å². The number of aromatic nitrogens is 5. The molecule has 310 valence electrons. The smallest absolute Gasteiger partial charge is 0.306 e. The number of aliphatic hydroxyl groups is 1. The lowest BCUT2D eigenvalue weighted by Crippen LogP contribution is -2.39. The number of esters is 3. The van der Waals surface area contributed by atoms with Gasteiger partial charge in [-0.2, -0.15) is 5.10 Å². The van der Waals surface area contributed by atoms with Gasteiger partial charge < -0.3 is 24.4 Å². The monoisotopic (exact) mass is 793 g/mol. The number of carboxylic acids is 1. The van der Waals surface area contributed by atoms with Crippen LogP contribution in [0.2, 0.25) is 0 Å². The number of hydrogen-bond donors (Lipinski definition) is 2. The molecule has 0 radical (unpaired) electrons. The molecule has 2 unspecified atom stereocenters. The molecule has 0 amide bonds. The first-order chi connectivity index (χ1) is 26.8. The lowest BCUT2D eigenvalue weighted by Gasteiger charge is -2.34. The van der Waals surface area contributed by atoms with Gasteiger partial charge in [-0.05, 0) is 18.9 Å². The van der Waals surface area contributed by atoms with Gasteiger partial charge in [0, 0.05) is 30.4 Å². The topological polar surface area (TPSA) is 193 Å². The molecule has 56 heavy (non-hydrogen) atoms. The molecule has 0 fully saturated rings. The Labute approximate surface area is 325 Å².